The Kier molecular flexibility index (Phi) is 4.05. The van der Waals surface area contributed by atoms with Crippen LogP contribution in [0.25, 0.3) is 0 Å². The Morgan fingerprint density at radius 3 is 2.78 bits per heavy atom. The molecule has 0 atom stereocenters. The van der Waals surface area contributed by atoms with Crippen molar-refractivity contribution in [2.45, 2.75) is 32.6 Å². The molecule has 1 aliphatic rings. The van der Waals surface area contributed by atoms with E-state index in [0.717, 1.165) is 13.0 Å². The van der Waals surface area contributed by atoms with Crippen LogP contribution in [0.15, 0.2) is 22.7 Å². The molecule has 1 fully saturated rings. The minimum atomic E-state index is -0.351. The van der Waals surface area contributed by atoms with E-state index in [1.54, 1.807) is 0 Å². The van der Waals surface area contributed by atoms with Crippen LogP contribution in [0.3, 0.4) is 0 Å². The molecule has 0 unspecified atom stereocenters. The molecule has 2 rings (SSSR count). The van der Waals surface area contributed by atoms with Crippen LogP contribution in [0.5, 0.6) is 0 Å². The summed E-state index contributed by atoms with van der Waals surface area (Å²) in [6, 6.07) is 4.33. The van der Waals surface area contributed by atoms with E-state index >= 15 is 0 Å². The Morgan fingerprint density at radius 1 is 1.50 bits per heavy atom. The van der Waals surface area contributed by atoms with Crippen molar-refractivity contribution in [2.75, 3.05) is 6.54 Å². The molecule has 0 saturated heterocycles. The zero-order valence-electron chi connectivity index (χ0n) is 10.4. The van der Waals surface area contributed by atoms with Gasteiger partial charge in [0, 0.05) is 12.1 Å². The summed E-state index contributed by atoms with van der Waals surface area (Å²) in [4.78, 5) is 11.9. The summed E-state index contributed by atoms with van der Waals surface area (Å²) in [7, 11) is 0. The Labute approximate surface area is 115 Å². The number of hydrogen-bond donors (Lipinski definition) is 1. The highest BCUT2D eigenvalue weighted by Gasteiger charge is 2.41. The molecule has 0 aromatic heterocycles. The molecule has 0 heterocycles. The molecule has 18 heavy (non-hydrogen) atoms. The third-order valence-electron chi connectivity index (χ3n) is 3.54. The maximum Gasteiger partial charge on any atom is 0.251 e. The van der Waals surface area contributed by atoms with E-state index in [-0.39, 0.29) is 11.7 Å². The summed E-state index contributed by atoms with van der Waals surface area (Å²) >= 11 is 3.09. The first kappa shape index (κ1) is 13.5. The zero-order valence-corrected chi connectivity index (χ0v) is 12.0. The van der Waals surface area contributed by atoms with Crippen LogP contribution in [0.1, 0.15) is 43.0 Å². The molecule has 1 aromatic rings. The molecule has 4 heteroatoms. The van der Waals surface area contributed by atoms with Crippen molar-refractivity contribution in [3.05, 3.63) is 34.1 Å². The Hall–Kier alpha value is -0.900. The Morgan fingerprint density at radius 2 is 2.22 bits per heavy atom. The van der Waals surface area contributed by atoms with E-state index in [1.165, 1.54) is 37.5 Å². The molecule has 1 saturated carbocycles. The van der Waals surface area contributed by atoms with Crippen molar-refractivity contribution < 1.29 is 9.18 Å². The Bertz CT molecular complexity index is 457. The predicted octanol–water partition coefficient (Wildman–Crippen LogP) is 3.90. The van der Waals surface area contributed by atoms with Gasteiger partial charge in [0.2, 0.25) is 0 Å². The van der Waals surface area contributed by atoms with E-state index in [0.29, 0.717) is 15.5 Å². The van der Waals surface area contributed by atoms with Gasteiger partial charge < -0.3 is 5.32 Å². The lowest BCUT2D eigenvalue weighted by atomic mass is 10.0. The van der Waals surface area contributed by atoms with Crippen LogP contribution in [-0.2, 0) is 0 Å². The van der Waals surface area contributed by atoms with Crippen LogP contribution in [0.4, 0.5) is 4.39 Å². The zero-order chi connectivity index (χ0) is 13.2. The number of rotatable bonds is 5. The fourth-order valence-corrected chi connectivity index (χ4v) is 2.61. The van der Waals surface area contributed by atoms with E-state index in [4.69, 9.17) is 0 Å². The lowest BCUT2D eigenvalue weighted by molar-refractivity contribution is 0.0943. The van der Waals surface area contributed by atoms with Gasteiger partial charge in [0.1, 0.15) is 5.82 Å². The predicted molar refractivity (Wildman–Crippen MR) is 73.0 cm³/mol. The van der Waals surface area contributed by atoms with Crippen LogP contribution in [0.2, 0.25) is 0 Å². The maximum absolute atomic E-state index is 13.1. The van der Waals surface area contributed by atoms with Gasteiger partial charge in [0.25, 0.3) is 5.91 Å². The highest BCUT2D eigenvalue weighted by molar-refractivity contribution is 9.10. The minimum absolute atomic E-state index is 0.127. The first-order valence-corrected chi connectivity index (χ1v) is 7.09. The highest BCUT2D eigenvalue weighted by Crippen LogP contribution is 2.48. The highest BCUT2D eigenvalue weighted by atomic mass is 79.9. The van der Waals surface area contributed by atoms with Gasteiger partial charge in [-0.3, -0.25) is 4.79 Å². The maximum atomic E-state index is 13.1. The van der Waals surface area contributed by atoms with Crippen LogP contribution in [0, 0.1) is 11.2 Å². The molecule has 0 aliphatic heterocycles. The lowest BCUT2D eigenvalue weighted by Gasteiger charge is -2.15. The molecule has 1 aliphatic carbocycles. The average Bonchev–Trinajstić information content (AvgIpc) is 3.11. The van der Waals surface area contributed by atoms with Gasteiger partial charge in [0.05, 0.1) is 4.47 Å². The van der Waals surface area contributed by atoms with Gasteiger partial charge in [0.15, 0.2) is 0 Å². The smallest absolute Gasteiger partial charge is 0.251 e. The molecule has 0 radical (unpaired) electrons. The van der Waals surface area contributed by atoms with Gasteiger partial charge in [-0.1, -0.05) is 13.3 Å². The SMILES string of the molecule is CCCC1(CNC(=O)c2ccc(F)c(Br)c2)CC1. The van der Waals surface area contributed by atoms with Crippen molar-refractivity contribution in [1.29, 1.82) is 0 Å². The molecule has 2 nitrogen and oxygen atoms in total. The van der Waals surface area contributed by atoms with Gasteiger partial charge in [-0.25, -0.2) is 4.39 Å². The second kappa shape index (κ2) is 5.39. The molecule has 0 spiro atoms. The molecule has 1 aromatic carbocycles. The molecular formula is C14H17BrFNO. The number of carbonyl (C=O) groups is 1. The quantitative estimate of drug-likeness (QED) is 0.877. The monoisotopic (exact) mass is 313 g/mol. The molecule has 0 bridgehead atoms. The third-order valence-corrected chi connectivity index (χ3v) is 4.15. The Balaban J connectivity index is 1.93. The minimum Gasteiger partial charge on any atom is -0.351 e. The number of hydrogen-bond acceptors (Lipinski definition) is 1. The van der Waals surface area contributed by atoms with Crippen molar-refractivity contribution in [3.8, 4) is 0 Å². The number of amides is 1. The van der Waals surface area contributed by atoms with Crippen molar-refractivity contribution in [1.82, 2.24) is 5.32 Å². The molecule has 98 valence electrons. The summed E-state index contributed by atoms with van der Waals surface area (Å²) in [6.45, 7) is 2.90. The topological polar surface area (TPSA) is 29.1 Å². The second-order valence-electron chi connectivity index (χ2n) is 5.06. The van der Waals surface area contributed by atoms with E-state index in [2.05, 4.69) is 28.2 Å². The van der Waals surface area contributed by atoms with Crippen LogP contribution < -0.4 is 5.32 Å². The van der Waals surface area contributed by atoms with Gasteiger partial charge in [-0.05, 0) is 58.8 Å². The summed E-state index contributed by atoms with van der Waals surface area (Å²) in [5.74, 6) is -0.478. The summed E-state index contributed by atoms with van der Waals surface area (Å²) in [5.41, 5.74) is 0.831. The van der Waals surface area contributed by atoms with Gasteiger partial charge in [-0.15, -0.1) is 0 Å². The van der Waals surface area contributed by atoms with E-state index < -0.39 is 0 Å². The van der Waals surface area contributed by atoms with E-state index in [1.807, 2.05) is 0 Å². The summed E-state index contributed by atoms with van der Waals surface area (Å²) in [5, 5.41) is 2.95. The summed E-state index contributed by atoms with van der Waals surface area (Å²) in [6.07, 6.45) is 4.72. The first-order valence-electron chi connectivity index (χ1n) is 6.29. The normalized spacial score (nSPS) is 16.4. The van der Waals surface area contributed by atoms with Crippen molar-refractivity contribution >= 4 is 21.8 Å². The second-order valence-corrected chi connectivity index (χ2v) is 5.92. The third kappa shape index (κ3) is 3.10. The fourth-order valence-electron chi connectivity index (χ4n) is 2.23. The van der Waals surface area contributed by atoms with Crippen LogP contribution >= 0.6 is 15.9 Å². The molecule has 1 amide bonds. The number of carbonyl (C=O) groups excluding carboxylic acids is 1. The largest absolute Gasteiger partial charge is 0.351 e. The van der Waals surface area contributed by atoms with Crippen molar-refractivity contribution in [3.63, 3.8) is 0 Å². The standard InChI is InChI=1S/C14H17BrFNO/c1-2-5-14(6-7-14)9-17-13(18)10-3-4-12(16)11(15)8-10/h3-4,8H,2,5-7,9H2,1H3,(H,17,18). The summed E-state index contributed by atoms with van der Waals surface area (Å²) < 4.78 is 13.4. The number of benzene rings is 1. The molecule has 1 N–H and O–H groups in total. The fraction of sp³-hybridized carbons (Fsp3) is 0.500. The van der Waals surface area contributed by atoms with Crippen molar-refractivity contribution in [2.24, 2.45) is 5.41 Å². The van der Waals surface area contributed by atoms with Gasteiger partial charge >= 0.3 is 0 Å². The van der Waals surface area contributed by atoms with Gasteiger partial charge in [-0.2, -0.15) is 0 Å². The average molecular weight is 314 g/mol. The molecular weight excluding hydrogens is 297 g/mol. The lowest BCUT2D eigenvalue weighted by Crippen LogP contribution is -2.30. The first-order chi connectivity index (χ1) is 8.56. The van der Waals surface area contributed by atoms with Crippen LogP contribution in [-0.4, -0.2) is 12.5 Å². The number of nitrogens with one attached hydrogen (secondary N) is 1. The van der Waals surface area contributed by atoms with E-state index in [9.17, 15) is 9.18 Å². The number of halogens is 2.